The molecule has 1 fully saturated rings. The Balaban J connectivity index is 1.78. The summed E-state index contributed by atoms with van der Waals surface area (Å²) in [5.41, 5.74) is 3.40. The Hall–Kier alpha value is -2.80. The van der Waals surface area contributed by atoms with E-state index in [0.29, 0.717) is 6.42 Å². The molecule has 1 aromatic heterocycles. The molecule has 1 unspecified atom stereocenters. The van der Waals surface area contributed by atoms with E-state index in [-0.39, 0.29) is 12.4 Å². The number of ether oxygens (including phenoxy) is 2. The minimum atomic E-state index is -4.21. The number of hydrogen-bond donors (Lipinski definition) is 4. The Morgan fingerprint density at radius 2 is 2.03 bits per heavy atom. The Morgan fingerprint density at radius 1 is 1.33 bits per heavy atom. The van der Waals surface area contributed by atoms with Crippen molar-refractivity contribution in [1.29, 1.82) is 0 Å². The number of aromatic amines is 1. The smallest absolute Gasteiger partial charge is 0.459 e. The molecule has 0 amide bonds. The van der Waals surface area contributed by atoms with E-state index in [9.17, 15) is 24.1 Å². The number of para-hydroxylation sites is 1. The van der Waals surface area contributed by atoms with Crippen molar-refractivity contribution in [2.75, 3.05) is 13.2 Å². The maximum Gasteiger partial charge on any atom is 0.459 e. The summed E-state index contributed by atoms with van der Waals surface area (Å²) >= 11 is 0. The first-order chi connectivity index (χ1) is 17.0. The monoisotopic (exact) mass is 526 g/mol. The van der Waals surface area contributed by atoms with Gasteiger partial charge < -0.3 is 24.8 Å². The predicted molar refractivity (Wildman–Crippen MR) is 128 cm³/mol. The minimum Gasteiger partial charge on any atom is -0.465 e. The Morgan fingerprint density at radius 3 is 2.67 bits per heavy atom. The average Bonchev–Trinajstić information content (AvgIpc) is 3.05. The molecule has 13 nitrogen and oxygen atoms in total. The van der Waals surface area contributed by atoms with Gasteiger partial charge in [0.25, 0.3) is 5.56 Å². The largest absolute Gasteiger partial charge is 0.465 e. The van der Waals surface area contributed by atoms with Crippen molar-refractivity contribution < 1.29 is 33.0 Å². The van der Waals surface area contributed by atoms with Crippen LogP contribution in [-0.2, 0) is 23.4 Å². The van der Waals surface area contributed by atoms with E-state index in [1.165, 1.54) is 20.0 Å². The number of carbonyl (C=O) groups is 1. The van der Waals surface area contributed by atoms with Gasteiger partial charge in [0.1, 0.15) is 24.0 Å². The molecule has 1 aliphatic rings. The van der Waals surface area contributed by atoms with Gasteiger partial charge in [-0.15, -0.1) is 0 Å². The highest BCUT2D eigenvalue weighted by Crippen LogP contribution is 2.46. The molecule has 198 valence electrons. The highest BCUT2D eigenvalue weighted by Gasteiger charge is 2.52. The van der Waals surface area contributed by atoms with Gasteiger partial charge in [-0.25, -0.2) is 9.36 Å². The van der Waals surface area contributed by atoms with Crippen LogP contribution in [0.1, 0.15) is 33.4 Å². The highest BCUT2D eigenvalue weighted by molar-refractivity contribution is 7.52. The number of aliphatic hydroxyl groups is 1. The SMILES string of the molecule is CCCOC(=O)[C@H](C)NP(=O)(OC[C@H]1O[C@@H](n2ccc(=O)[nH]c2=O)[C@](C)(N)[C@@H]1O)Oc1ccccc1. The van der Waals surface area contributed by atoms with Crippen molar-refractivity contribution >= 4 is 13.7 Å². The number of carbonyl (C=O) groups excluding carboxylic acids is 1. The molecule has 1 aliphatic heterocycles. The fourth-order valence-electron chi connectivity index (χ4n) is 3.54. The fourth-order valence-corrected chi connectivity index (χ4v) is 5.04. The van der Waals surface area contributed by atoms with E-state index in [1.54, 1.807) is 30.3 Å². The third-order valence-electron chi connectivity index (χ3n) is 5.46. The number of nitrogens with two attached hydrogens (primary N) is 1. The van der Waals surface area contributed by atoms with E-state index < -0.39 is 61.6 Å². The molecule has 0 radical (unpaired) electrons. The molecule has 2 heterocycles. The fraction of sp³-hybridized carbons (Fsp3) is 0.500. The second-order valence-electron chi connectivity index (χ2n) is 8.57. The number of aromatic nitrogens is 2. The molecule has 5 N–H and O–H groups in total. The number of nitrogens with zero attached hydrogens (tertiary/aromatic N) is 1. The Bertz CT molecular complexity index is 1200. The second kappa shape index (κ2) is 11.5. The van der Waals surface area contributed by atoms with Crippen molar-refractivity contribution in [2.45, 2.75) is 57.2 Å². The number of benzene rings is 1. The number of hydrogen-bond acceptors (Lipinski definition) is 10. The molecular weight excluding hydrogens is 495 g/mol. The lowest BCUT2D eigenvalue weighted by Gasteiger charge is -2.28. The van der Waals surface area contributed by atoms with Crippen molar-refractivity contribution in [3.63, 3.8) is 0 Å². The summed E-state index contributed by atoms with van der Waals surface area (Å²) in [4.78, 5) is 38.0. The second-order valence-corrected chi connectivity index (χ2v) is 10.3. The van der Waals surface area contributed by atoms with Gasteiger partial charge in [-0.2, -0.15) is 5.09 Å². The van der Waals surface area contributed by atoms with Crippen LogP contribution in [0.2, 0.25) is 0 Å². The quantitative estimate of drug-likeness (QED) is 0.238. The molecule has 0 spiro atoms. The van der Waals surface area contributed by atoms with Crippen LogP contribution in [0.15, 0.2) is 52.2 Å². The summed E-state index contributed by atoms with van der Waals surface area (Å²) in [5.74, 6) is -0.446. The molecule has 0 saturated carbocycles. The van der Waals surface area contributed by atoms with Crippen LogP contribution < -0.4 is 26.6 Å². The van der Waals surface area contributed by atoms with Crippen LogP contribution in [0.3, 0.4) is 0 Å². The van der Waals surface area contributed by atoms with E-state index >= 15 is 0 Å². The van der Waals surface area contributed by atoms with Gasteiger partial charge in [0.05, 0.1) is 18.8 Å². The average molecular weight is 526 g/mol. The zero-order chi connectivity index (χ0) is 26.5. The molecule has 14 heteroatoms. The van der Waals surface area contributed by atoms with Crippen molar-refractivity contribution in [2.24, 2.45) is 5.73 Å². The molecular formula is C22H31N4O9P. The van der Waals surface area contributed by atoms with Crippen LogP contribution in [0.4, 0.5) is 0 Å². The predicted octanol–water partition coefficient (Wildman–Crippen LogP) is 0.647. The third-order valence-corrected chi connectivity index (χ3v) is 7.10. The van der Waals surface area contributed by atoms with Gasteiger partial charge in [0.15, 0.2) is 6.23 Å². The van der Waals surface area contributed by atoms with Gasteiger partial charge in [0, 0.05) is 12.3 Å². The normalized spacial score (nSPS) is 26.2. The molecule has 2 aromatic rings. The minimum absolute atomic E-state index is 0.193. The molecule has 1 aromatic carbocycles. The highest BCUT2D eigenvalue weighted by atomic mass is 31.2. The first kappa shape index (κ1) is 27.8. The molecule has 1 saturated heterocycles. The lowest BCUT2D eigenvalue weighted by atomic mass is 9.93. The van der Waals surface area contributed by atoms with Gasteiger partial charge in [-0.1, -0.05) is 25.1 Å². The number of esters is 1. The third kappa shape index (κ3) is 6.49. The Kier molecular flexibility index (Phi) is 8.88. The number of H-pyrrole nitrogens is 1. The van der Waals surface area contributed by atoms with Crippen LogP contribution in [0.25, 0.3) is 0 Å². The van der Waals surface area contributed by atoms with Crippen molar-refractivity contribution in [3.8, 4) is 5.75 Å². The summed E-state index contributed by atoms with van der Waals surface area (Å²) in [6.45, 7) is 4.46. The molecule has 3 rings (SSSR count). The summed E-state index contributed by atoms with van der Waals surface area (Å²) in [5, 5.41) is 13.3. The van der Waals surface area contributed by atoms with Gasteiger partial charge in [-0.3, -0.25) is 23.7 Å². The van der Waals surface area contributed by atoms with E-state index in [1.807, 2.05) is 6.92 Å². The van der Waals surface area contributed by atoms with E-state index in [0.717, 1.165) is 10.6 Å². The number of nitrogens with one attached hydrogen (secondary N) is 2. The molecule has 0 bridgehead atoms. The zero-order valence-corrected chi connectivity index (χ0v) is 21.1. The van der Waals surface area contributed by atoms with E-state index in [4.69, 9.17) is 24.3 Å². The maximum atomic E-state index is 13.6. The molecule has 6 atom stereocenters. The van der Waals surface area contributed by atoms with Crippen LogP contribution in [0, 0.1) is 0 Å². The zero-order valence-electron chi connectivity index (χ0n) is 20.2. The molecule has 0 aliphatic carbocycles. The summed E-state index contributed by atoms with van der Waals surface area (Å²) < 4.78 is 36.7. The summed E-state index contributed by atoms with van der Waals surface area (Å²) in [6, 6.07) is 8.22. The van der Waals surface area contributed by atoms with Crippen LogP contribution in [0.5, 0.6) is 5.75 Å². The van der Waals surface area contributed by atoms with E-state index in [2.05, 4.69) is 10.1 Å². The number of aliphatic hydroxyl groups excluding tert-OH is 1. The first-order valence-corrected chi connectivity index (χ1v) is 12.9. The Labute approximate surface area is 207 Å². The number of rotatable bonds is 11. The maximum absolute atomic E-state index is 13.6. The standard InChI is InChI=1S/C22H31N4O9P/c1-4-12-32-19(29)14(2)25-36(31,35-15-8-6-5-7-9-15)33-13-16-18(28)22(3,23)20(34-16)26-11-10-17(27)24-21(26)30/h5-11,14,16,18,20,28H,4,12-13,23H2,1-3H3,(H,25,31)(H,24,27,30)/t14-,16+,18+,20+,22+,36?/m0/s1. The summed E-state index contributed by atoms with van der Waals surface area (Å²) in [7, 11) is -4.21. The lowest BCUT2D eigenvalue weighted by Crippen LogP contribution is -2.53. The molecule has 36 heavy (non-hydrogen) atoms. The van der Waals surface area contributed by atoms with Gasteiger partial charge in [-0.05, 0) is 32.4 Å². The van der Waals surface area contributed by atoms with Crippen LogP contribution in [-0.4, -0.2) is 57.6 Å². The van der Waals surface area contributed by atoms with Gasteiger partial charge >= 0.3 is 19.4 Å². The van der Waals surface area contributed by atoms with Crippen molar-refractivity contribution in [3.05, 3.63) is 63.4 Å². The lowest BCUT2D eigenvalue weighted by molar-refractivity contribution is -0.145. The van der Waals surface area contributed by atoms with Crippen molar-refractivity contribution in [1.82, 2.24) is 14.6 Å². The van der Waals surface area contributed by atoms with Gasteiger partial charge in [0.2, 0.25) is 0 Å². The van der Waals surface area contributed by atoms with Crippen LogP contribution >= 0.6 is 7.75 Å². The first-order valence-electron chi connectivity index (χ1n) is 11.3. The topological polar surface area (TPSA) is 184 Å². The summed E-state index contributed by atoms with van der Waals surface area (Å²) in [6.07, 6.45) is -1.86.